The highest BCUT2D eigenvalue weighted by Gasteiger charge is 2.23. The van der Waals surface area contributed by atoms with Crippen LogP contribution in [0.4, 0.5) is 0 Å². The number of rotatable bonds is 0. The maximum Gasteiger partial charge on any atom is 0.256 e. The van der Waals surface area contributed by atoms with E-state index in [0.717, 1.165) is 27.6 Å². The van der Waals surface area contributed by atoms with Crippen LogP contribution in [0, 0.1) is 6.92 Å². The van der Waals surface area contributed by atoms with Gasteiger partial charge in [0, 0.05) is 17.1 Å². The molecule has 0 fully saturated rings. The first-order valence-corrected chi connectivity index (χ1v) is 5.96. The van der Waals surface area contributed by atoms with Gasteiger partial charge < -0.3 is 4.98 Å². The van der Waals surface area contributed by atoms with Crippen LogP contribution in [0.15, 0.2) is 33.7 Å². The minimum absolute atomic E-state index is 0.000744. The second-order valence-electron chi connectivity index (χ2n) is 4.16. The Morgan fingerprint density at radius 3 is 3.00 bits per heavy atom. The van der Waals surface area contributed by atoms with Gasteiger partial charge in [-0.3, -0.25) is 4.79 Å². The highest BCUT2D eigenvalue weighted by molar-refractivity contribution is 9.10. The Morgan fingerprint density at radius 2 is 2.19 bits per heavy atom. The first-order chi connectivity index (χ1) is 7.66. The van der Waals surface area contributed by atoms with E-state index >= 15 is 0 Å². The molecule has 80 valence electrons. The molecule has 0 spiro atoms. The van der Waals surface area contributed by atoms with Crippen LogP contribution in [0.3, 0.4) is 0 Å². The summed E-state index contributed by atoms with van der Waals surface area (Å²) in [4.78, 5) is 14.6. The number of aromatic nitrogens is 1. The molecule has 0 atom stereocenters. The summed E-state index contributed by atoms with van der Waals surface area (Å²) < 4.78 is 0.982. The zero-order valence-corrected chi connectivity index (χ0v) is 10.4. The molecule has 1 aliphatic carbocycles. The Balaban J connectivity index is 2.37. The average Bonchev–Trinajstić information content (AvgIpc) is 2.63. The van der Waals surface area contributed by atoms with Gasteiger partial charge in [-0.05, 0) is 39.5 Å². The molecule has 1 aromatic heterocycles. The van der Waals surface area contributed by atoms with Crippen LogP contribution in [-0.2, 0) is 6.42 Å². The van der Waals surface area contributed by atoms with E-state index in [9.17, 15) is 4.79 Å². The lowest BCUT2D eigenvalue weighted by atomic mass is 10.1. The molecule has 0 aliphatic heterocycles. The molecule has 1 aromatic carbocycles. The summed E-state index contributed by atoms with van der Waals surface area (Å²) in [6.07, 6.45) is 2.57. The molecule has 2 aromatic rings. The van der Waals surface area contributed by atoms with Gasteiger partial charge in [0.25, 0.3) is 5.56 Å². The van der Waals surface area contributed by atoms with E-state index in [2.05, 4.69) is 33.9 Å². The lowest BCUT2D eigenvalue weighted by Crippen LogP contribution is -2.08. The maximum absolute atomic E-state index is 11.8. The van der Waals surface area contributed by atoms with Gasteiger partial charge in [-0.15, -0.1) is 0 Å². The Bertz CT molecular complexity index is 643. The summed E-state index contributed by atoms with van der Waals surface area (Å²) in [5.41, 5.74) is 5.48. The summed E-state index contributed by atoms with van der Waals surface area (Å²) in [6, 6.07) is 6.24. The fourth-order valence-electron chi connectivity index (χ4n) is 2.31. The van der Waals surface area contributed by atoms with Crippen molar-refractivity contribution in [1.29, 1.82) is 0 Å². The van der Waals surface area contributed by atoms with Gasteiger partial charge in [0.05, 0.1) is 5.56 Å². The average molecular weight is 276 g/mol. The number of hydrogen-bond donors (Lipinski definition) is 1. The summed E-state index contributed by atoms with van der Waals surface area (Å²) in [6.45, 7) is 2.07. The number of hydrogen-bond acceptors (Lipinski definition) is 1. The quantitative estimate of drug-likeness (QED) is 0.672. The van der Waals surface area contributed by atoms with Crippen molar-refractivity contribution in [3.8, 4) is 11.1 Å². The molecule has 0 radical (unpaired) electrons. The van der Waals surface area contributed by atoms with E-state index in [1.54, 1.807) is 6.20 Å². The van der Waals surface area contributed by atoms with Crippen molar-refractivity contribution in [2.24, 2.45) is 0 Å². The third-order valence-electron chi connectivity index (χ3n) is 3.04. The molecule has 3 heteroatoms. The third kappa shape index (κ3) is 1.28. The van der Waals surface area contributed by atoms with Crippen LogP contribution in [0.1, 0.15) is 16.7 Å². The molecule has 0 saturated carbocycles. The van der Waals surface area contributed by atoms with Crippen molar-refractivity contribution in [2.75, 3.05) is 0 Å². The van der Waals surface area contributed by atoms with Crippen LogP contribution in [-0.4, -0.2) is 4.98 Å². The number of H-pyrrole nitrogens is 1. The molecule has 0 bridgehead atoms. The predicted molar refractivity (Wildman–Crippen MR) is 67.7 cm³/mol. The van der Waals surface area contributed by atoms with Crippen molar-refractivity contribution < 1.29 is 0 Å². The number of halogens is 1. The van der Waals surface area contributed by atoms with Crippen LogP contribution in [0.5, 0.6) is 0 Å². The second kappa shape index (κ2) is 3.32. The minimum atomic E-state index is 0.000744. The summed E-state index contributed by atoms with van der Waals surface area (Å²) >= 11 is 3.49. The van der Waals surface area contributed by atoms with Crippen molar-refractivity contribution in [2.45, 2.75) is 13.3 Å². The summed E-state index contributed by atoms with van der Waals surface area (Å²) in [5, 5.41) is 0. The molecule has 2 nitrogen and oxygen atoms in total. The molecule has 1 aliphatic rings. The van der Waals surface area contributed by atoms with Gasteiger partial charge in [0.2, 0.25) is 0 Å². The highest BCUT2D eigenvalue weighted by atomic mass is 79.9. The Hall–Kier alpha value is -1.35. The zero-order valence-electron chi connectivity index (χ0n) is 8.80. The fraction of sp³-hybridized carbons (Fsp3) is 0.154. The lowest BCUT2D eigenvalue weighted by molar-refractivity contribution is 1.17. The minimum Gasteiger partial charge on any atom is -0.327 e. The predicted octanol–water partition coefficient (Wildman–Crippen LogP) is 3.02. The largest absolute Gasteiger partial charge is 0.327 e. The highest BCUT2D eigenvalue weighted by Crippen LogP contribution is 2.37. The van der Waals surface area contributed by atoms with Crippen molar-refractivity contribution in [1.82, 2.24) is 4.98 Å². The van der Waals surface area contributed by atoms with E-state index in [1.165, 1.54) is 11.1 Å². The first-order valence-electron chi connectivity index (χ1n) is 5.17. The van der Waals surface area contributed by atoms with Crippen LogP contribution in [0.2, 0.25) is 0 Å². The summed E-state index contributed by atoms with van der Waals surface area (Å²) in [7, 11) is 0. The molecule has 1 N–H and O–H groups in total. The number of nitrogens with one attached hydrogen (secondary N) is 1. The molecule has 3 rings (SSSR count). The molecule has 16 heavy (non-hydrogen) atoms. The summed E-state index contributed by atoms with van der Waals surface area (Å²) in [5.74, 6) is 0. The molecule has 0 saturated heterocycles. The van der Waals surface area contributed by atoms with Gasteiger partial charge in [0.15, 0.2) is 0 Å². The standard InChI is InChI=1S/C13H10BrNO/c1-7-2-3-9-8(4-7)5-10-11(14)6-15-13(16)12(9)10/h2-4,6H,5H2,1H3,(H,15,16). The van der Waals surface area contributed by atoms with E-state index in [0.29, 0.717) is 0 Å². The van der Waals surface area contributed by atoms with Gasteiger partial charge in [-0.2, -0.15) is 0 Å². The van der Waals surface area contributed by atoms with E-state index in [1.807, 2.05) is 12.1 Å². The number of pyridine rings is 1. The molecule has 1 heterocycles. The molecule has 0 amide bonds. The van der Waals surface area contributed by atoms with Gasteiger partial charge >= 0.3 is 0 Å². The number of benzene rings is 1. The van der Waals surface area contributed by atoms with Crippen molar-refractivity contribution >= 4 is 15.9 Å². The first kappa shape index (κ1) is 9.85. The molecular formula is C13H10BrNO. The maximum atomic E-state index is 11.8. The van der Waals surface area contributed by atoms with E-state index < -0.39 is 0 Å². The fourth-order valence-corrected chi connectivity index (χ4v) is 2.76. The molecule has 0 unspecified atom stereocenters. The van der Waals surface area contributed by atoms with Crippen molar-refractivity contribution in [3.63, 3.8) is 0 Å². The van der Waals surface area contributed by atoms with Crippen molar-refractivity contribution in [3.05, 3.63) is 55.9 Å². The zero-order chi connectivity index (χ0) is 11.3. The SMILES string of the molecule is Cc1ccc2c(c1)Cc1c(Br)c[nH]c(=O)c1-2. The van der Waals surface area contributed by atoms with Crippen LogP contribution < -0.4 is 5.56 Å². The normalized spacial score (nSPS) is 12.4. The van der Waals surface area contributed by atoms with Crippen LogP contribution >= 0.6 is 15.9 Å². The number of aromatic amines is 1. The second-order valence-corrected chi connectivity index (χ2v) is 5.01. The topological polar surface area (TPSA) is 32.9 Å². The Labute approximate surface area is 101 Å². The Kier molecular flexibility index (Phi) is 2.04. The van der Waals surface area contributed by atoms with Gasteiger partial charge in [-0.1, -0.05) is 23.8 Å². The van der Waals surface area contributed by atoms with Gasteiger partial charge in [0.1, 0.15) is 0 Å². The Morgan fingerprint density at radius 1 is 1.38 bits per heavy atom. The monoisotopic (exact) mass is 275 g/mol. The number of fused-ring (bicyclic) bond motifs is 3. The number of aryl methyl sites for hydroxylation is 1. The molecular weight excluding hydrogens is 266 g/mol. The lowest BCUT2D eigenvalue weighted by Gasteiger charge is -2.01. The van der Waals surface area contributed by atoms with Crippen LogP contribution in [0.25, 0.3) is 11.1 Å². The smallest absolute Gasteiger partial charge is 0.256 e. The van der Waals surface area contributed by atoms with Gasteiger partial charge in [-0.25, -0.2) is 0 Å². The third-order valence-corrected chi connectivity index (χ3v) is 3.75. The van der Waals surface area contributed by atoms with E-state index in [4.69, 9.17) is 0 Å². The van der Waals surface area contributed by atoms with E-state index in [-0.39, 0.29) is 5.56 Å².